The van der Waals surface area contributed by atoms with Crippen LogP contribution < -0.4 is 4.90 Å². The van der Waals surface area contributed by atoms with Gasteiger partial charge in [-0.3, -0.25) is 9.88 Å². The van der Waals surface area contributed by atoms with E-state index in [4.69, 9.17) is 4.74 Å². The molecule has 4 nitrogen and oxygen atoms in total. The highest BCUT2D eigenvalue weighted by atomic mass is 16.5. The predicted octanol–water partition coefficient (Wildman–Crippen LogP) is 1.04. The fourth-order valence-electron chi connectivity index (χ4n) is 2.01. The van der Waals surface area contributed by atoms with Gasteiger partial charge in [0.15, 0.2) is 0 Å². The summed E-state index contributed by atoms with van der Waals surface area (Å²) in [5.74, 6) is 0. The Morgan fingerprint density at radius 1 is 1.47 bits per heavy atom. The van der Waals surface area contributed by atoms with E-state index in [0.717, 1.165) is 45.1 Å². The maximum atomic E-state index is 5.33. The Hall–Kier alpha value is -1.13. The molecule has 0 spiro atoms. The molecule has 0 bridgehead atoms. The minimum absolute atomic E-state index is 0.881. The van der Waals surface area contributed by atoms with Crippen LogP contribution in [0.3, 0.4) is 0 Å². The molecule has 0 unspecified atom stereocenters. The van der Waals surface area contributed by atoms with Crippen LogP contribution in [-0.2, 0) is 4.74 Å². The lowest BCUT2D eigenvalue weighted by Crippen LogP contribution is -2.37. The maximum Gasteiger partial charge on any atom is 0.114 e. The smallest absolute Gasteiger partial charge is 0.114 e. The summed E-state index contributed by atoms with van der Waals surface area (Å²) in [4.78, 5) is 8.67. The zero-order valence-electron chi connectivity index (χ0n) is 10.4. The van der Waals surface area contributed by atoms with Crippen molar-refractivity contribution in [1.82, 2.24) is 9.88 Å². The number of rotatable bonds is 5. The van der Waals surface area contributed by atoms with Crippen molar-refractivity contribution in [2.75, 3.05) is 51.3 Å². The molecule has 1 fully saturated rings. The molecule has 0 amide bonds. The summed E-state index contributed by atoms with van der Waals surface area (Å²) in [6.45, 7) is 6.09. The fourth-order valence-corrected chi connectivity index (χ4v) is 2.01. The molecule has 17 heavy (non-hydrogen) atoms. The Morgan fingerprint density at radius 3 is 3.00 bits per heavy atom. The third kappa shape index (κ3) is 3.98. The lowest BCUT2D eigenvalue weighted by atomic mass is 10.3. The number of ether oxygens (including phenoxy) is 1. The summed E-state index contributed by atoms with van der Waals surface area (Å²) in [6, 6.07) is 3.99. The van der Waals surface area contributed by atoms with Crippen molar-refractivity contribution >= 4 is 5.69 Å². The highest BCUT2D eigenvalue weighted by Gasteiger charge is 2.09. The van der Waals surface area contributed by atoms with Crippen LogP contribution in [-0.4, -0.2) is 56.3 Å². The molecule has 0 atom stereocenters. The number of aromatic nitrogens is 1. The van der Waals surface area contributed by atoms with Gasteiger partial charge in [-0.05, 0) is 18.6 Å². The van der Waals surface area contributed by atoms with Crippen molar-refractivity contribution in [2.24, 2.45) is 0 Å². The van der Waals surface area contributed by atoms with Gasteiger partial charge in [0.2, 0.25) is 0 Å². The zero-order chi connectivity index (χ0) is 11.9. The quantitative estimate of drug-likeness (QED) is 0.761. The van der Waals surface area contributed by atoms with Crippen LogP contribution in [0, 0.1) is 6.20 Å². The van der Waals surface area contributed by atoms with Gasteiger partial charge in [0.25, 0.3) is 0 Å². The normalized spacial score (nSPS) is 17.0. The average Bonchev–Trinajstić information content (AvgIpc) is 2.41. The van der Waals surface area contributed by atoms with E-state index >= 15 is 0 Å². The van der Waals surface area contributed by atoms with Gasteiger partial charge in [-0.15, -0.1) is 0 Å². The molecule has 1 aromatic heterocycles. The van der Waals surface area contributed by atoms with Crippen LogP contribution in [0.2, 0.25) is 0 Å². The van der Waals surface area contributed by atoms with Crippen LogP contribution in [0.1, 0.15) is 6.42 Å². The lowest BCUT2D eigenvalue weighted by Gasteiger charge is -2.27. The largest absolute Gasteiger partial charge is 0.379 e. The summed E-state index contributed by atoms with van der Waals surface area (Å²) in [5.41, 5.74) is 1.06. The summed E-state index contributed by atoms with van der Waals surface area (Å²) in [5, 5.41) is 0. The molecular weight excluding hydrogens is 214 g/mol. The molecule has 1 saturated heterocycles. The predicted molar refractivity (Wildman–Crippen MR) is 68.2 cm³/mol. The topological polar surface area (TPSA) is 28.6 Å². The second kappa shape index (κ2) is 6.57. The summed E-state index contributed by atoms with van der Waals surface area (Å²) < 4.78 is 5.33. The van der Waals surface area contributed by atoms with Crippen molar-refractivity contribution in [3.8, 4) is 0 Å². The monoisotopic (exact) mass is 234 g/mol. The first-order valence-electron chi connectivity index (χ1n) is 6.20. The highest BCUT2D eigenvalue weighted by Crippen LogP contribution is 2.09. The molecule has 4 heteroatoms. The number of hydrogen-bond donors (Lipinski definition) is 0. The number of morpholine rings is 1. The lowest BCUT2D eigenvalue weighted by molar-refractivity contribution is 0.0377. The molecule has 0 aromatic carbocycles. The molecule has 0 saturated carbocycles. The van der Waals surface area contributed by atoms with E-state index in [2.05, 4.69) is 28.0 Å². The standard InChI is InChI=1S/C13H20N3O/c1-15(13-4-2-5-14-12-13)6-3-7-16-8-10-17-11-9-16/h2,4-5H,3,6-11H2,1H3. The molecular formula is C13H20N3O. The molecule has 1 aromatic rings. The third-order valence-electron chi connectivity index (χ3n) is 3.08. The average molecular weight is 234 g/mol. The van der Waals surface area contributed by atoms with Gasteiger partial charge in [-0.25, -0.2) is 0 Å². The Balaban J connectivity index is 1.67. The molecule has 1 aliphatic rings. The fraction of sp³-hybridized carbons (Fsp3) is 0.615. The van der Waals surface area contributed by atoms with E-state index in [1.807, 2.05) is 12.1 Å². The van der Waals surface area contributed by atoms with E-state index in [9.17, 15) is 0 Å². The van der Waals surface area contributed by atoms with E-state index in [-0.39, 0.29) is 0 Å². The second-order valence-corrected chi connectivity index (χ2v) is 4.36. The van der Waals surface area contributed by atoms with E-state index < -0.39 is 0 Å². The third-order valence-corrected chi connectivity index (χ3v) is 3.08. The van der Waals surface area contributed by atoms with Crippen molar-refractivity contribution < 1.29 is 4.74 Å². The van der Waals surface area contributed by atoms with Crippen molar-refractivity contribution in [1.29, 1.82) is 0 Å². The molecule has 2 heterocycles. The first-order chi connectivity index (χ1) is 8.36. The van der Waals surface area contributed by atoms with Gasteiger partial charge in [-0.2, -0.15) is 0 Å². The van der Waals surface area contributed by atoms with Gasteiger partial charge in [0.1, 0.15) is 6.20 Å². The Labute approximate surface area is 103 Å². The molecule has 93 valence electrons. The van der Waals surface area contributed by atoms with Gasteiger partial charge in [-0.1, -0.05) is 0 Å². The van der Waals surface area contributed by atoms with Crippen molar-refractivity contribution in [2.45, 2.75) is 6.42 Å². The molecule has 1 radical (unpaired) electrons. The van der Waals surface area contributed by atoms with E-state index in [1.165, 1.54) is 6.42 Å². The summed E-state index contributed by atoms with van der Waals surface area (Å²) in [6.07, 6.45) is 5.92. The van der Waals surface area contributed by atoms with Crippen LogP contribution in [0.15, 0.2) is 18.3 Å². The first kappa shape index (κ1) is 12.3. The van der Waals surface area contributed by atoms with E-state index in [1.54, 1.807) is 6.20 Å². The van der Waals surface area contributed by atoms with Gasteiger partial charge in [0, 0.05) is 39.4 Å². The van der Waals surface area contributed by atoms with Crippen LogP contribution in [0.25, 0.3) is 0 Å². The van der Waals surface area contributed by atoms with Crippen LogP contribution in [0.4, 0.5) is 5.69 Å². The summed E-state index contributed by atoms with van der Waals surface area (Å²) in [7, 11) is 2.09. The van der Waals surface area contributed by atoms with E-state index in [0.29, 0.717) is 0 Å². The minimum atomic E-state index is 0.881. The first-order valence-corrected chi connectivity index (χ1v) is 6.20. The van der Waals surface area contributed by atoms with Gasteiger partial charge >= 0.3 is 0 Å². The Bertz CT molecular complexity index is 312. The number of anilines is 1. The van der Waals surface area contributed by atoms with Gasteiger partial charge < -0.3 is 9.64 Å². The SMILES string of the molecule is CN(CCCN1CCOCC1)c1[c]nccc1. The van der Waals surface area contributed by atoms with Gasteiger partial charge in [0.05, 0.1) is 18.9 Å². The second-order valence-electron chi connectivity index (χ2n) is 4.36. The number of pyridine rings is 1. The zero-order valence-corrected chi connectivity index (χ0v) is 10.4. The molecule has 0 aliphatic carbocycles. The maximum absolute atomic E-state index is 5.33. The Morgan fingerprint density at radius 2 is 2.29 bits per heavy atom. The van der Waals surface area contributed by atoms with Crippen molar-refractivity contribution in [3.05, 3.63) is 24.5 Å². The van der Waals surface area contributed by atoms with Crippen LogP contribution in [0.5, 0.6) is 0 Å². The highest BCUT2D eigenvalue weighted by molar-refractivity contribution is 5.41. The molecule has 0 N–H and O–H groups in total. The number of nitrogens with zero attached hydrogens (tertiary/aromatic N) is 3. The summed E-state index contributed by atoms with van der Waals surface area (Å²) >= 11 is 0. The molecule has 2 rings (SSSR count). The number of hydrogen-bond acceptors (Lipinski definition) is 4. The Kier molecular flexibility index (Phi) is 4.76. The molecule has 1 aliphatic heterocycles. The van der Waals surface area contributed by atoms with Crippen molar-refractivity contribution in [3.63, 3.8) is 0 Å². The minimum Gasteiger partial charge on any atom is -0.379 e. The van der Waals surface area contributed by atoms with Crippen LogP contribution >= 0.6 is 0 Å².